The third-order valence-corrected chi connectivity index (χ3v) is 3.61. The zero-order chi connectivity index (χ0) is 14.4. The molecule has 20 heavy (non-hydrogen) atoms. The SMILES string of the molecule is C=CCN1C(=O)C[C@@H](COCc2ccccc2)[C@@H]1C=C. The molecule has 1 heterocycles. The first-order valence-electron chi connectivity index (χ1n) is 6.91. The van der Waals surface area contributed by atoms with Crippen LogP contribution in [0.15, 0.2) is 55.6 Å². The average Bonchev–Trinajstić information content (AvgIpc) is 2.76. The fourth-order valence-corrected chi connectivity index (χ4v) is 2.63. The van der Waals surface area contributed by atoms with E-state index in [1.54, 1.807) is 6.08 Å². The van der Waals surface area contributed by atoms with E-state index in [9.17, 15) is 4.79 Å². The lowest BCUT2D eigenvalue weighted by Gasteiger charge is -2.24. The van der Waals surface area contributed by atoms with E-state index in [1.807, 2.05) is 41.3 Å². The quantitative estimate of drug-likeness (QED) is 0.714. The average molecular weight is 271 g/mol. The molecule has 3 nitrogen and oxygen atoms in total. The Balaban J connectivity index is 1.87. The minimum atomic E-state index is 0.0521. The van der Waals surface area contributed by atoms with Crippen molar-refractivity contribution in [2.24, 2.45) is 5.92 Å². The first kappa shape index (κ1) is 14.5. The Bertz CT molecular complexity index is 469. The Morgan fingerprint density at radius 2 is 2.05 bits per heavy atom. The molecule has 0 bridgehead atoms. The number of carbonyl (C=O) groups excluding carboxylic acids is 1. The molecule has 1 aliphatic heterocycles. The molecule has 1 aromatic carbocycles. The minimum Gasteiger partial charge on any atom is -0.376 e. The van der Waals surface area contributed by atoms with Crippen molar-refractivity contribution in [2.45, 2.75) is 19.1 Å². The van der Waals surface area contributed by atoms with Crippen molar-refractivity contribution in [3.63, 3.8) is 0 Å². The third-order valence-electron chi connectivity index (χ3n) is 3.61. The van der Waals surface area contributed by atoms with Crippen LogP contribution in [0.3, 0.4) is 0 Å². The summed E-state index contributed by atoms with van der Waals surface area (Å²) >= 11 is 0. The summed E-state index contributed by atoms with van der Waals surface area (Å²) in [5, 5.41) is 0. The summed E-state index contributed by atoms with van der Waals surface area (Å²) in [6.07, 6.45) is 4.12. The van der Waals surface area contributed by atoms with Gasteiger partial charge in [-0.3, -0.25) is 4.79 Å². The van der Waals surface area contributed by atoms with Crippen LogP contribution in [0.25, 0.3) is 0 Å². The summed E-state index contributed by atoms with van der Waals surface area (Å²) in [4.78, 5) is 13.8. The molecule has 3 heteroatoms. The summed E-state index contributed by atoms with van der Waals surface area (Å²) in [5.41, 5.74) is 1.15. The van der Waals surface area contributed by atoms with Crippen molar-refractivity contribution >= 4 is 5.91 Å². The highest BCUT2D eigenvalue weighted by molar-refractivity contribution is 5.80. The number of rotatable bonds is 7. The van der Waals surface area contributed by atoms with Crippen molar-refractivity contribution in [1.82, 2.24) is 4.90 Å². The van der Waals surface area contributed by atoms with Crippen LogP contribution in [0.4, 0.5) is 0 Å². The predicted molar refractivity (Wildman–Crippen MR) is 80.1 cm³/mol. The molecular formula is C17H21NO2. The number of benzene rings is 1. The van der Waals surface area contributed by atoms with Gasteiger partial charge in [0.25, 0.3) is 0 Å². The van der Waals surface area contributed by atoms with Gasteiger partial charge in [0.1, 0.15) is 0 Å². The number of likely N-dealkylation sites (tertiary alicyclic amines) is 1. The highest BCUT2D eigenvalue weighted by Crippen LogP contribution is 2.26. The van der Waals surface area contributed by atoms with Crippen LogP contribution >= 0.6 is 0 Å². The van der Waals surface area contributed by atoms with E-state index < -0.39 is 0 Å². The van der Waals surface area contributed by atoms with Crippen LogP contribution in [0.5, 0.6) is 0 Å². The van der Waals surface area contributed by atoms with Crippen molar-refractivity contribution in [3.8, 4) is 0 Å². The maximum atomic E-state index is 12.0. The number of ether oxygens (including phenoxy) is 1. The van der Waals surface area contributed by atoms with E-state index in [0.717, 1.165) is 5.56 Å². The molecule has 0 saturated carbocycles. The van der Waals surface area contributed by atoms with Gasteiger partial charge < -0.3 is 9.64 Å². The number of nitrogens with zero attached hydrogens (tertiary/aromatic N) is 1. The van der Waals surface area contributed by atoms with Gasteiger partial charge in [0, 0.05) is 18.9 Å². The van der Waals surface area contributed by atoms with Crippen LogP contribution in [0.2, 0.25) is 0 Å². The maximum absolute atomic E-state index is 12.0. The molecule has 1 amide bonds. The van der Waals surface area contributed by atoms with E-state index in [2.05, 4.69) is 13.2 Å². The van der Waals surface area contributed by atoms with Gasteiger partial charge in [0.05, 0.1) is 19.3 Å². The smallest absolute Gasteiger partial charge is 0.223 e. The van der Waals surface area contributed by atoms with Crippen LogP contribution in [0.1, 0.15) is 12.0 Å². The van der Waals surface area contributed by atoms with Crippen molar-refractivity contribution < 1.29 is 9.53 Å². The topological polar surface area (TPSA) is 29.5 Å². The summed E-state index contributed by atoms with van der Waals surface area (Å²) < 4.78 is 5.76. The molecule has 0 radical (unpaired) electrons. The van der Waals surface area contributed by atoms with Crippen molar-refractivity contribution in [3.05, 3.63) is 61.2 Å². The normalized spacial score (nSPS) is 22.0. The summed E-state index contributed by atoms with van der Waals surface area (Å²) in [5.74, 6) is 0.340. The van der Waals surface area contributed by atoms with Crippen LogP contribution in [0, 0.1) is 5.92 Å². The minimum absolute atomic E-state index is 0.0521. The van der Waals surface area contributed by atoms with Gasteiger partial charge >= 0.3 is 0 Å². The zero-order valence-electron chi connectivity index (χ0n) is 11.7. The molecular weight excluding hydrogens is 250 g/mol. The fraction of sp³-hybridized carbons (Fsp3) is 0.353. The molecule has 1 aromatic rings. The van der Waals surface area contributed by atoms with Crippen LogP contribution in [-0.4, -0.2) is 30.0 Å². The summed E-state index contributed by atoms with van der Waals surface area (Å²) in [7, 11) is 0. The highest BCUT2D eigenvalue weighted by atomic mass is 16.5. The summed E-state index contributed by atoms with van der Waals surface area (Å²) in [6, 6.07) is 10.1. The third kappa shape index (κ3) is 3.36. The zero-order valence-corrected chi connectivity index (χ0v) is 11.7. The molecule has 2 atom stereocenters. The highest BCUT2D eigenvalue weighted by Gasteiger charge is 2.37. The Morgan fingerprint density at radius 1 is 1.30 bits per heavy atom. The van der Waals surface area contributed by atoms with E-state index >= 15 is 0 Å². The molecule has 0 aromatic heterocycles. The molecule has 0 unspecified atom stereocenters. The van der Waals surface area contributed by atoms with Gasteiger partial charge in [-0.25, -0.2) is 0 Å². The van der Waals surface area contributed by atoms with E-state index in [0.29, 0.717) is 26.2 Å². The number of hydrogen-bond acceptors (Lipinski definition) is 2. The monoisotopic (exact) mass is 271 g/mol. The second-order valence-corrected chi connectivity index (χ2v) is 5.03. The van der Waals surface area contributed by atoms with Crippen LogP contribution in [-0.2, 0) is 16.1 Å². The Morgan fingerprint density at radius 3 is 2.70 bits per heavy atom. The fourth-order valence-electron chi connectivity index (χ4n) is 2.63. The lowest BCUT2D eigenvalue weighted by molar-refractivity contribution is -0.127. The van der Waals surface area contributed by atoms with E-state index in [-0.39, 0.29) is 17.9 Å². The van der Waals surface area contributed by atoms with Gasteiger partial charge in [0.2, 0.25) is 5.91 Å². The van der Waals surface area contributed by atoms with Crippen molar-refractivity contribution in [1.29, 1.82) is 0 Å². The van der Waals surface area contributed by atoms with E-state index in [1.165, 1.54) is 0 Å². The second-order valence-electron chi connectivity index (χ2n) is 5.03. The predicted octanol–water partition coefficient (Wildman–Crippen LogP) is 2.79. The van der Waals surface area contributed by atoms with Gasteiger partial charge in [-0.15, -0.1) is 13.2 Å². The summed E-state index contributed by atoms with van der Waals surface area (Å²) in [6.45, 7) is 9.27. The molecule has 0 N–H and O–H groups in total. The first-order chi connectivity index (χ1) is 9.76. The largest absolute Gasteiger partial charge is 0.376 e. The molecule has 0 aliphatic carbocycles. The Labute approximate surface area is 120 Å². The lowest BCUT2D eigenvalue weighted by Crippen LogP contribution is -2.34. The molecule has 2 rings (SSSR count). The number of hydrogen-bond donors (Lipinski definition) is 0. The Hall–Kier alpha value is -1.87. The molecule has 1 saturated heterocycles. The Kier molecular flexibility index (Phi) is 5.13. The molecule has 106 valence electrons. The van der Waals surface area contributed by atoms with E-state index in [4.69, 9.17) is 4.74 Å². The number of amides is 1. The second kappa shape index (κ2) is 7.06. The van der Waals surface area contributed by atoms with Gasteiger partial charge in [0.15, 0.2) is 0 Å². The van der Waals surface area contributed by atoms with Gasteiger partial charge in [-0.2, -0.15) is 0 Å². The lowest BCUT2D eigenvalue weighted by atomic mass is 10.0. The molecule has 1 fully saturated rings. The van der Waals surface area contributed by atoms with Gasteiger partial charge in [-0.1, -0.05) is 42.5 Å². The first-order valence-corrected chi connectivity index (χ1v) is 6.91. The standard InChI is InChI=1S/C17H21NO2/c1-3-10-18-16(4-2)15(11-17(18)19)13-20-12-14-8-6-5-7-9-14/h3-9,15-16H,1-2,10-13H2/t15-,16-/m0/s1. The van der Waals surface area contributed by atoms with Crippen LogP contribution < -0.4 is 0 Å². The number of carbonyl (C=O) groups is 1. The maximum Gasteiger partial charge on any atom is 0.223 e. The molecule has 0 spiro atoms. The van der Waals surface area contributed by atoms with Crippen molar-refractivity contribution in [2.75, 3.05) is 13.2 Å². The van der Waals surface area contributed by atoms with Gasteiger partial charge in [-0.05, 0) is 5.56 Å². The molecule has 1 aliphatic rings.